The Morgan fingerprint density at radius 3 is 2.83 bits per heavy atom. The lowest BCUT2D eigenvalue weighted by Crippen LogP contribution is -1.88. The van der Waals surface area contributed by atoms with Crippen molar-refractivity contribution < 1.29 is 4.74 Å². The van der Waals surface area contributed by atoms with E-state index >= 15 is 0 Å². The lowest BCUT2D eigenvalue weighted by molar-refractivity contribution is 0.399. The zero-order chi connectivity index (χ0) is 12.7. The van der Waals surface area contributed by atoms with Gasteiger partial charge in [-0.1, -0.05) is 0 Å². The third kappa shape index (κ3) is 1.60. The number of aryl methyl sites for hydroxylation is 1. The summed E-state index contributed by atoms with van der Waals surface area (Å²) >= 11 is 1.27. The Labute approximate surface area is 107 Å². The van der Waals surface area contributed by atoms with Crippen molar-refractivity contribution in [1.82, 2.24) is 19.3 Å². The van der Waals surface area contributed by atoms with Gasteiger partial charge in [0.25, 0.3) is 0 Å². The molecule has 92 valence electrons. The molecule has 3 N–H and O–H groups in total. The zero-order valence-electron chi connectivity index (χ0n) is 9.89. The van der Waals surface area contributed by atoms with E-state index in [0.29, 0.717) is 22.4 Å². The number of nitrogens with one attached hydrogen (secondary N) is 1. The molecule has 6 nitrogen and oxygen atoms in total. The summed E-state index contributed by atoms with van der Waals surface area (Å²) in [6.07, 6.45) is 0. The van der Waals surface area contributed by atoms with Gasteiger partial charge in [-0.05, 0) is 24.5 Å². The van der Waals surface area contributed by atoms with Crippen LogP contribution in [0.3, 0.4) is 0 Å². The number of nitrogens with two attached hydrogens (primary N) is 1. The molecule has 3 heterocycles. The van der Waals surface area contributed by atoms with Crippen molar-refractivity contribution in [3.8, 4) is 17.3 Å². The van der Waals surface area contributed by atoms with Crippen molar-refractivity contribution >= 4 is 27.7 Å². The van der Waals surface area contributed by atoms with Gasteiger partial charge in [-0.3, -0.25) is 0 Å². The monoisotopic (exact) mass is 261 g/mol. The number of pyridine rings is 1. The number of hydrogen-bond acceptors (Lipinski definition) is 6. The van der Waals surface area contributed by atoms with Crippen LogP contribution in [0.2, 0.25) is 0 Å². The lowest BCUT2D eigenvalue weighted by atomic mass is 10.2. The summed E-state index contributed by atoms with van der Waals surface area (Å²) in [4.78, 5) is 11.9. The highest BCUT2D eigenvalue weighted by atomic mass is 32.1. The first-order chi connectivity index (χ1) is 8.69. The van der Waals surface area contributed by atoms with Crippen LogP contribution < -0.4 is 10.5 Å². The Morgan fingerprint density at radius 2 is 2.17 bits per heavy atom. The molecule has 0 fully saturated rings. The van der Waals surface area contributed by atoms with Crippen molar-refractivity contribution in [3.63, 3.8) is 0 Å². The second kappa shape index (κ2) is 3.95. The predicted octanol–water partition coefficient (Wildman–Crippen LogP) is 1.98. The fraction of sp³-hybridized carbons (Fsp3) is 0.182. The summed E-state index contributed by atoms with van der Waals surface area (Å²) in [6, 6.07) is 3.66. The molecule has 0 aliphatic heterocycles. The highest BCUT2D eigenvalue weighted by Crippen LogP contribution is 2.31. The number of nitrogens with zero attached hydrogens (tertiary/aromatic N) is 3. The molecule has 0 bridgehead atoms. The van der Waals surface area contributed by atoms with Crippen molar-refractivity contribution in [2.45, 2.75) is 6.92 Å². The topological polar surface area (TPSA) is 89.7 Å². The van der Waals surface area contributed by atoms with Crippen LogP contribution in [0, 0.1) is 6.92 Å². The first-order valence-corrected chi connectivity index (χ1v) is 6.09. The molecule has 0 saturated heterocycles. The molecule has 3 rings (SSSR count). The Balaban J connectivity index is 2.19. The zero-order valence-corrected chi connectivity index (χ0v) is 10.7. The minimum atomic E-state index is 0.536. The second-order valence-corrected chi connectivity index (χ2v) is 4.62. The van der Waals surface area contributed by atoms with E-state index in [-0.39, 0.29) is 0 Å². The van der Waals surface area contributed by atoms with E-state index in [4.69, 9.17) is 10.5 Å². The summed E-state index contributed by atoms with van der Waals surface area (Å²) < 4.78 is 9.28. The Kier molecular flexibility index (Phi) is 2.41. The molecule has 0 atom stereocenters. The smallest absolute Gasteiger partial charge is 0.215 e. The van der Waals surface area contributed by atoms with Crippen LogP contribution in [0.25, 0.3) is 22.6 Å². The number of nitrogen functional groups attached to an aromatic ring is 1. The normalized spacial score (nSPS) is 11.0. The number of rotatable bonds is 2. The van der Waals surface area contributed by atoms with Gasteiger partial charge in [0.2, 0.25) is 5.88 Å². The van der Waals surface area contributed by atoms with E-state index in [0.717, 1.165) is 16.8 Å². The third-order valence-corrected chi connectivity index (χ3v) is 3.42. The van der Waals surface area contributed by atoms with E-state index in [1.165, 1.54) is 11.5 Å². The van der Waals surface area contributed by atoms with Crippen LogP contribution in [-0.2, 0) is 0 Å². The fourth-order valence-corrected chi connectivity index (χ4v) is 2.44. The number of hydrogen-bond donors (Lipinski definition) is 2. The van der Waals surface area contributed by atoms with Gasteiger partial charge in [-0.25, -0.2) is 4.98 Å². The Bertz CT molecular complexity index is 698. The van der Waals surface area contributed by atoms with Gasteiger partial charge in [0, 0.05) is 6.07 Å². The van der Waals surface area contributed by atoms with Crippen LogP contribution in [-0.4, -0.2) is 26.4 Å². The van der Waals surface area contributed by atoms with Gasteiger partial charge < -0.3 is 15.5 Å². The molecule has 0 aliphatic carbocycles. The minimum absolute atomic E-state index is 0.536. The van der Waals surface area contributed by atoms with E-state index in [1.54, 1.807) is 13.2 Å². The largest absolute Gasteiger partial charge is 0.481 e. The molecule has 7 heteroatoms. The van der Waals surface area contributed by atoms with Crippen LogP contribution in [0.4, 0.5) is 5.00 Å². The Hall–Kier alpha value is -2.15. The third-order valence-electron chi connectivity index (χ3n) is 2.66. The molecular weight excluding hydrogens is 250 g/mol. The molecule has 0 aromatic carbocycles. The fourth-order valence-electron chi connectivity index (χ4n) is 1.78. The quantitative estimate of drug-likeness (QED) is 0.736. The van der Waals surface area contributed by atoms with Gasteiger partial charge in [0.05, 0.1) is 23.9 Å². The number of imidazole rings is 1. The first-order valence-electron chi connectivity index (χ1n) is 5.32. The first kappa shape index (κ1) is 11.0. The Morgan fingerprint density at radius 1 is 1.33 bits per heavy atom. The van der Waals surface area contributed by atoms with E-state index in [2.05, 4.69) is 19.3 Å². The number of aromatic nitrogens is 4. The summed E-state index contributed by atoms with van der Waals surface area (Å²) in [5.41, 5.74) is 9.06. The van der Waals surface area contributed by atoms with Crippen molar-refractivity contribution in [2.24, 2.45) is 0 Å². The summed E-state index contributed by atoms with van der Waals surface area (Å²) in [5.74, 6) is 1.23. The van der Waals surface area contributed by atoms with Crippen LogP contribution >= 0.6 is 11.5 Å². The van der Waals surface area contributed by atoms with E-state index in [9.17, 15) is 0 Å². The number of aromatic amines is 1. The average Bonchev–Trinajstić information content (AvgIpc) is 2.91. The number of anilines is 1. The number of ether oxygens (including phenoxy) is 1. The molecule has 0 saturated carbocycles. The molecular formula is C11H11N5OS. The van der Waals surface area contributed by atoms with Crippen molar-refractivity contribution in [1.29, 1.82) is 0 Å². The molecule has 3 aromatic heterocycles. The van der Waals surface area contributed by atoms with Crippen LogP contribution in [0.15, 0.2) is 12.1 Å². The number of fused-ring (bicyclic) bond motifs is 1. The molecule has 0 spiro atoms. The molecule has 3 aromatic rings. The lowest BCUT2D eigenvalue weighted by Gasteiger charge is -1.95. The number of methoxy groups -OCH3 is 1. The molecule has 0 unspecified atom stereocenters. The van der Waals surface area contributed by atoms with Gasteiger partial charge in [0.15, 0.2) is 5.65 Å². The molecule has 0 amide bonds. The molecule has 0 aliphatic rings. The number of H-pyrrole nitrogens is 1. The average molecular weight is 261 g/mol. The van der Waals surface area contributed by atoms with Crippen molar-refractivity contribution in [3.05, 3.63) is 17.8 Å². The SMILES string of the molecule is COc1ccc2[nH]c(-c3c(C)nsc3N)nc2n1. The van der Waals surface area contributed by atoms with Gasteiger partial charge in [-0.15, -0.1) is 0 Å². The van der Waals surface area contributed by atoms with Gasteiger partial charge in [0.1, 0.15) is 10.8 Å². The maximum absolute atomic E-state index is 5.90. The van der Waals surface area contributed by atoms with Crippen LogP contribution in [0.5, 0.6) is 5.88 Å². The van der Waals surface area contributed by atoms with Crippen molar-refractivity contribution in [2.75, 3.05) is 12.8 Å². The van der Waals surface area contributed by atoms with E-state index < -0.39 is 0 Å². The second-order valence-electron chi connectivity index (χ2n) is 3.82. The summed E-state index contributed by atoms with van der Waals surface area (Å²) in [7, 11) is 1.58. The minimum Gasteiger partial charge on any atom is -0.481 e. The highest BCUT2D eigenvalue weighted by molar-refractivity contribution is 7.10. The maximum atomic E-state index is 5.90. The molecule has 18 heavy (non-hydrogen) atoms. The molecule has 0 radical (unpaired) electrons. The van der Waals surface area contributed by atoms with Crippen LogP contribution in [0.1, 0.15) is 5.69 Å². The summed E-state index contributed by atoms with van der Waals surface area (Å²) in [6.45, 7) is 1.91. The predicted molar refractivity (Wildman–Crippen MR) is 70.7 cm³/mol. The standard InChI is InChI=1S/C11H11N5OS/c1-5-8(9(12)18-16-5)11-13-6-3-4-7(17-2)14-10(6)15-11/h3-4H,12H2,1-2H3,(H,13,14,15). The van der Waals surface area contributed by atoms with Gasteiger partial charge >= 0.3 is 0 Å². The van der Waals surface area contributed by atoms with E-state index in [1.807, 2.05) is 13.0 Å². The maximum Gasteiger partial charge on any atom is 0.215 e. The highest BCUT2D eigenvalue weighted by Gasteiger charge is 2.15. The van der Waals surface area contributed by atoms with Gasteiger partial charge in [-0.2, -0.15) is 9.36 Å². The summed E-state index contributed by atoms with van der Waals surface area (Å²) in [5, 5.41) is 0.651.